The van der Waals surface area contributed by atoms with E-state index in [0.717, 1.165) is 10.0 Å². The lowest BCUT2D eigenvalue weighted by atomic mass is 10.1. The average molecular weight is 334 g/mol. The summed E-state index contributed by atoms with van der Waals surface area (Å²) in [5.74, 6) is -0.0842. The number of halogens is 1. The number of likely N-dealkylation sites (N-methyl/N-ethyl adjacent to an activating group) is 1. The zero-order valence-corrected chi connectivity index (χ0v) is 12.5. The third-order valence-corrected chi connectivity index (χ3v) is 5.37. The van der Waals surface area contributed by atoms with Crippen molar-refractivity contribution in [2.45, 2.75) is 18.7 Å². The Balaban J connectivity index is 2.07. The van der Waals surface area contributed by atoms with Gasteiger partial charge in [0.25, 0.3) is 0 Å². The Kier molecular flexibility index (Phi) is 4.11. The molecule has 2 atom stereocenters. The molecule has 1 aromatic carbocycles. The molecule has 2 unspecified atom stereocenters. The highest BCUT2D eigenvalue weighted by Crippen LogP contribution is 2.20. The van der Waals surface area contributed by atoms with Gasteiger partial charge in [0.15, 0.2) is 9.84 Å². The number of aliphatic hydroxyl groups excluding tert-OH is 1. The van der Waals surface area contributed by atoms with Gasteiger partial charge < -0.3 is 5.11 Å². The maximum Gasteiger partial charge on any atom is 0.154 e. The molecule has 1 heterocycles. The van der Waals surface area contributed by atoms with Crippen molar-refractivity contribution in [2.75, 3.05) is 18.6 Å². The largest absolute Gasteiger partial charge is 0.390 e. The fourth-order valence-electron chi connectivity index (χ4n) is 2.27. The molecule has 1 aliphatic heterocycles. The van der Waals surface area contributed by atoms with Gasteiger partial charge in [-0.1, -0.05) is 28.1 Å². The third kappa shape index (κ3) is 3.32. The molecular weight excluding hydrogens is 318 g/mol. The van der Waals surface area contributed by atoms with E-state index >= 15 is 0 Å². The molecule has 1 saturated heterocycles. The standard InChI is InChI=1S/C12H16BrNO3S/c1-14(6-9-3-2-4-10(13)5-9)11-7-18(16,17)8-12(11)15/h2-5,11-12,15H,6-8H2,1H3. The number of benzene rings is 1. The predicted molar refractivity (Wildman–Crippen MR) is 74.1 cm³/mol. The van der Waals surface area contributed by atoms with Crippen molar-refractivity contribution in [3.8, 4) is 0 Å². The minimum atomic E-state index is -3.09. The van der Waals surface area contributed by atoms with Gasteiger partial charge in [0, 0.05) is 11.0 Å². The van der Waals surface area contributed by atoms with Crippen LogP contribution in [0.1, 0.15) is 5.56 Å². The fourth-order valence-corrected chi connectivity index (χ4v) is 4.59. The minimum absolute atomic E-state index is 0.0403. The van der Waals surface area contributed by atoms with Gasteiger partial charge in [-0.2, -0.15) is 0 Å². The van der Waals surface area contributed by atoms with Crippen LogP contribution in [0.3, 0.4) is 0 Å². The number of rotatable bonds is 3. The fraction of sp³-hybridized carbons (Fsp3) is 0.500. The maximum absolute atomic E-state index is 11.5. The van der Waals surface area contributed by atoms with Gasteiger partial charge in [-0.15, -0.1) is 0 Å². The summed E-state index contributed by atoms with van der Waals surface area (Å²) in [4.78, 5) is 1.90. The van der Waals surface area contributed by atoms with Crippen LogP contribution >= 0.6 is 15.9 Å². The van der Waals surface area contributed by atoms with E-state index < -0.39 is 15.9 Å². The summed E-state index contributed by atoms with van der Waals surface area (Å²) in [7, 11) is -1.25. The van der Waals surface area contributed by atoms with Crippen LogP contribution in [0.5, 0.6) is 0 Å². The Morgan fingerprint density at radius 3 is 2.72 bits per heavy atom. The molecule has 0 radical (unpaired) electrons. The van der Waals surface area contributed by atoms with Crippen LogP contribution in [0.4, 0.5) is 0 Å². The second-order valence-electron chi connectivity index (χ2n) is 4.76. The van der Waals surface area contributed by atoms with Crippen molar-refractivity contribution in [3.63, 3.8) is 0 Å². The molecule has 0 bridgehead atoms. The summed E-state index contributed by atoms with van der Waals surface area (Å²) in [5.41, 5.74) is 1.09. The van der Waals surface area contributed by atoms with Crippen LogP contribution in [0.2, 0.25) is 0 Å². The smallest absolute Gasteiger partial charge is 0.154 e. The first-order valence-corrected chi connectivity index (χ1v) is 8.32. The van der Waals surface area contributed by atoms with E-state index in [1.54, 1.807) is 0 Å². The molecule has 1 aromatic rings. The predicted octanol–water partition coefficient (Wildman–Crippen LogP) is 1.04. The summed E-state index contributed by atoms with van der Waals surface area (Å²) in [6.07, 6.45) is -0.785. The molecule has 0 amide bonds. The highest BCUT2D eigenvalue weighted by atomic mass is 79.9. The molecule has 1 aliphatic rings. The minimum Gasteiger partial charge on any atom is -0.390 e. The Labute approximate surface area is 116 Å². The van der Waals surface area contributed by atoms with Gasteiger partial charge in [0.2, 0.25) is 0 Å². The molecule has 1 fully saturated rings. The molecule has 100 valence electrons. The van der Waals surface area contributed by atoms with E-state index in [4.69, 9.17) is 0 Å². The molecule has 0 spiro atoms. The summed E-state index contributed by atoms with van der Waals surface area (Å²) in [6.45, 7) is 0.622. The van der Waals surface area contributed by atoms with Crippen LogP contribution in [0, 0.1) is 0 Å². The van der Waals surface area contributed by atoms with Gasteiger partial charge in [0.05, 0.1) is 23.7 Å². The molecule has 6 heteroatoms. The van der Waals surface area contributed by atoms with Crippen molar-refractivity contribution >= 4 is 25.8 Å². The lowest BCUT2D eigenvalue weighted by Gasteiger charge is -2.25. The molecule has 4 nitrogen and oxygen atoms in total. The van der Waals surface area contributed by atoms with Gasteiger partial charge in [-0.25, -0.2) is 8.42 Å². The van der Waals surface area contributed by atoms with Gasteiger partial charge in [0.1, 0.15) is 0 Å². The van der Waals surface area contributed by atoms with Crippen molar-refractivity contribution < 1.29 is 13.5 Å². The molecule has 2 rings (SSSR count). The highest BCUT2D eigenvalue weighted by molar-refractivity contribution is 9.10. The zero-order valence-electron chi connectivity index (χ0n) is 10.1. The van der Waals surface area contributed by atoms with E-state index in [1.807, 2.05) is 36.2 Å². The Hall–Kier alpha value is -0.430. The number of sulfone groups is 1. The average Bonchev–Trinajstić information content (AvgIpc) is 2.52. The van der Waals surface area contributed by atoms with E-state index in [9.17, 15) is 13.5 Å². The number of hydrogen-bond acceptors (Lipinski definition) is 4. The zero-order chi connectivity index (χ0) is 13.3. The second kappa shape index (κ2) is 5.28. The number of aliphatic hydroxyl groups is 1. The van der Waals surface area contributed by atoms with Crippen molar-refractivity contribution in [1.29, 1.82) is 0 Å². The Morgan fingerprint density at radius 2 is 2.17 bits per heavy atom. The van der Waals surface area contributed by atoms with E-state index in [1.165, 1.54) is 0 Å². The number of nitrogens with zero attached hydrogens (tertiary/aromatic N) is 1. The molecule has 0 saturated carbocycles. The van der Waals surface area contributed by atoms with Crippen LogP contribution in [-0.4, -0.2) is 49.1 Å². The first-order valence-electron chi connectivity index (χ1n) is 5.70. The lowest BCUT2D eigenvalue weighted by molar-refractivity contribution is 0.0958. The SMILES string of the molecule is CN(Cc1cccc(Br)c1)C1CS(=O)(=O)CC1O. The van der Waals surface area contributed by atoms with Crippen LogP contribution < -0.4 is 0 Å². The van der Waals surface area contributed by atoms with E-state index in [2.05, 4.69) is 15.9 Å². The van der Waals surface area contributed by atoms with E-state index in [0.29, 0.717) is 6.54 Å². The van der Waals surface area contributed by atoms with Gasteiger partial charge in [-0.3, -0.25) is 4.90 Å². The Morgan fingerprint density at radius 1 is 1.44 bits per heavy atom. The lowest BCUT2D eigenvalue weighted by Crippen LogP contribution is -2.40. The number of hydrogen-bond donors (Lipinski definition) is 1. The maximum atomic E-state index is 11.5. The molecule has 0 aromatic heterocycles. The monoisotopic (exact) mass is 333 g/mol. The van der Waals surface area contributed by atoms with Crippen molar-refractivity contribution in [2.24, 2.45) is 0 Å². The first-order chi connectivity index (χ1) is 8.37. The van der Waals surface area contributed by atoms with Gasteiger partial charge >= 0.3 is 0 Å². The summed E-state index contributed by atoms with van der Waals surface area (Å²) >= 11 is 3.40. The van der Waals surface area contributed by atoms with Crippen LogP contribution in [0.15, 0.2) is 28.7 Å². The second-order valence-corrected chi connectivity index (χ2v) is 7.83. The van der Waals surface area contributed by atoms with Crippen molar-refractivity contribution in [3.05, 3.63) is 34.3 Å². The van der Waals surface area contributed by atoms with Crippen molar-refractivity contribution in [1.82, 2.24) is 4.90 Å². The first kappa shape index (κ1) is 14.0. The third-order valence-electron chi connectivity index (χ3n) is 3.18. The summed E-state index contributed by atoms with van der Waals surface area (Å²) < 4.78 is 23.9. The highest BCUT2D eigenvalue weighted by Gasteiger charge is 2.38. The van der Waals surface area contributed by atoms with Crippen LogP contribution in [-0.2, 0) is 16.4 Å². The Bertz CT molecular complexity index is 532. The quantitative estimate of drug-likeness (QED) is 0.897. The summed E-state index contributed by atoms with van der Waals surface area (Å²) in [6, 6.07) is 7.55. The molecule has 0 aliphatic carbocycles. The van der Waals surface area contributed by atoms with Gasteiger partial charge in [-0.05, 0) is 24.7 Å². The molecule has 1 N–H and O–H groups in total. The van der Waals surface area contributed by atoms with E-state index in [-0.39, 0.29) is 17.5 Å². The molecule has 18 heavy (non-hydrogen) atoms. The topological polar surface area (TPSA) is 57.6 Å². The molecular formula is C12H16BrNO3S. The summed E-state index contributed by atoms with van der Waals surface area (Å²) in [5, 5.41) is 9.80. The normalized spacial score (nSPS) is 26.7. The van der Waals surface area contributed by atoms with Crippen LogP contribution in [0.25, 0.3) is 0 Å².